The molecule has 1 fully saturated rings. The fourth-order valence-electron chi connectivity index (χ4n) is 1.69. The Morgan fingerprint density at radius 1 is 1.47 bits per heavy atom. The van der Waals surface area contributed by atoms with Crippen LogP contribution < -0.4 is 10.0 Å². The molecule has 0 aromatic carbocycles. The SMILES string of the molecule is O=S(=O)(CC1CC1)NCC1=CCNCC1. The summed E-state index contributed by atoms with van der Waals surface area (Å²) in [5, 5.41) is 3.20. The Bertz CT molecular complexity index is 344. The third kappa shape index (κ3) is 3.93. The molecule has 4 nitrogen and oxygen atoms in total. The molecule has 0 bridgehead atoms. The number of nitrogens with one attached hydrogen (secondary N) is 2. The van der Waals surface area contributed by atoms with Gasteiger partial charge in [-0.15, -0.1) is 0 Å². The molecule has 15 heavy (non-hydrogen) atoms. The molecule has 1 saturated carbocycles. The van der Waals surface area contributed by atoms with Crippen molar-refractivity contribution < 1.29 is 8.42 Å². The summed E-state index contributed by atoms with van der Waals surface area (Å²) >= 11 is 0. The highest BCUT2D eigenvalue weighted by atomic mass is 32.2. The zero-order valence-corrected chi connectivity index (χ0v) is 9.65. The molecule has 0 aromatic rings. The normalized spacial score (nSPS) is 22.5. The highest BCUT2D eigenvalue weighted by molar-refractivity contribution is 7.89. The molecule has 86 valence electrons. The van der Waals surface area contributed by atoms with E-state index in [4.69, 9.17) is 0 Å². The lowest BCUT2D eigenvalue weighted by Gasteiger charge is -2.14. The Balaban J connectivity index is 1.78. The number of hydrogen-bond donors (Lipinski definition) is 2. The molecule has 0 unspecified atom stereocenters. The topological polar surface area (TPSA) is 58.2 Å². The minimum atomic E-state index is -3.03. The Hall–Kier alpha value is -0.390. The zero-order valence-electron chi connectivity index (χ0n) is 8.83. The Morgan fingerprint density at radius 2 is 2.27 bits per heavy atom. The van der Waals surface area contributed by atoms with E-state index < -0.39 is 10.0 Å². The third-order valence-electron chi connectivity index (χ3n) is 2.83. The van der Waals surface area contributed by atoms with Gasteiger partial charge in [0.05, 0.1) is 5.75 Å². The largest absolute Gasteiger partial charge is 0.313 e. The maximum absolute atomic E-state index is 11.6. The summed E-state index contributed by atoms with van der Waals surface area (Å²) in [7, 11) is -3.03. The molecule has 2 N–H and O–H groups in total. The van der Waals surface area contributed by atoms with Gasteiger partial charge in [0.25, 0.3) is 0 Å². The Kier molecular flexibility index (Phi) is 3.43. The maximum atomic E-state index is 11.6. The van der Waals surface area contributed by atoms with Crippen molar-refractivity contribution in [3.63, 3.8) is 0 Å². The van der Waals surface area contributed by atoms with Crippen LogP contribution in [0.4, 0.5) is 0 Å². The maximum Gasteiger partial charge on any atom is 0.212 e. The standard InChI is InChI=1S/C10H18N2O2S/c13-15(14,8-10-1-2-10)12-7-9-3-5-11-6-4-9/h3,10-12H,1-2,4-8H2. The lowest BCUT2D eigenvalue weighted by molar-refractivity contribution is 0.578. The first-order valence-corrected chi connectivity index (χ1v) is 7.17. The summed E-state index contributed by atoms with van der Waals surface area (Å²) in [6, 6.07) is 0. The van der Waals surface area contributed by atoms with Gasteiger partial charge in [0.15, 0.2) is 0 Å². The molecular weight excluding hydrogens is 212 g/mol. The summed E-state index contributed by atoms with van der Waals surface area (Å²) in [6.07, 6.45) is 5.18. The molecule has 5 heteroatoms. The van der Waals surface area contributed by atoms with Crippen molar-refractivity contribution in [3.8, 4) is 0 Å². The second kappa shape index (κ2) is 4.63. The molecule has 1 aliphatic heterocycles. The van der Waals surface area contributed by atoms with Crippen molar-refractivity contribution in [1.82, 2.24) is 10.0 Å². The van der Waals surface area contributed by atoms with Gasteiger partial charge < -0.3 is 5.32 Å². The predicted molar refractivity (Wildman–Crippen MR) is 60.1 cm³/mol. The van der Waals surface area contributed by atoms with Crippen molar-refractivity contribution in [1.29, 1.82) is 0 Å². The van der Waals surface area contributed by atoms with Crippen molar-refractivity contribution in [2.75, 3.05) is 25.4 Å². The molecule has 2 rings (SSSR count). The monoisotopic (exact) mass is 230 g/mol. The summed E-state index contributed by atoms with van der Waals surface area (Å²) in [4.78, 5) is 0. The van der Waals surface area contributed by atoms with Crippen molar-refractivity contribution >= 4 is 10.0 Å². The van der Waals surface area contributed by atoms with E-state index in [2.05, 4.69) is 16.1 Å². The van der Waals surface area contributed by atoms with Gasteiger partial charge in [-0.05, 0) is 31.7 Å². The summed E-state index contributed by atoms with van der Waals surface area (Å²) < 4.78 is 25.8. The first-order chi connectivity index (χ1) is 7.16. The van der Waals surface area contributed by atoms with E-state index in [0.717, 1.165) is 32.4 Å². The summed E-state index contributed by atoms with van der Waals surface area (Å²) in [5.41, 5.74) is 1.20. The highest BCUT2D eigenvalue weighted by Gasteiger charge is 2.27. The smallest absolute Gasteiger partial charge is 0.212 e. The predicted octanol–water partition coefficient (Wildman–Crippen LogP) is 0.236. The van der Waals surface area contributed by atoms with Crippen molar-refractivity contribution in [3.05, 3.63) is 11.6 Å². The van der Waals surface area contributed by atoms with Gasteiger partial charge in [0.2, 0.25) is 10.0 Å². The van der Waals surface area contributed by atoms with Gasteiger partial charge in [0.1, 0.15) is 0 Å². The lowest BCUT2D eigenvalue weighted by atomic mass is 10.1. The van der Waals surface area contributed by atoms with E-state index in [-0.39, 0.29) is 0 Å². The van der Waals surface area contributed by atoms with Crippen LogP contribution in [-0.4, -0.2) is 33.8 Å². The lowest BCUT2D eigenvalue weighted by Crippen LogP contribution is -2.31. The summed E-state index contributed by atoms with van der Waals surface area (Å²) in [5.74, 6) is 0.739. The van der Waals surface area contributed by atoms with Crippen LogP contribution in [-0.2, 0) is 10.0 Å². The van der Waals surface area contributed by atoms with Gasteiger partial charge in [-0.1, -0.05) is 11.6 Å². The molecule has 0 spiro atoms. The molecular formula is C10H18N2O2S. The van der Waals surface area contributed by atoms with E-state index >= 15 is 0 Å². The molecule has 0 saturated heterocycles. The van der Waals surface area contributed by atoms with Crippen molar-refractivity contribution in [2.24, 2.45) is 5.92 Å². The number of sulfonamides is 1. The average Bonchev–Trinajstić information content (AvgIpc) is 3.00. The number of rotatable bonds is 5. The van der Waals surface area contributed by atoms with E-state index in [1.54, 1.807) is 0 Å². The Morgan fingerprint density at radius 3 is 2.87 bits per heavy atom. The van der Waals surface area contributed by atoms with Crippen LogP contribution in [0.3, 0.4) is 0 Å². The van der Waals surface area contributed by atoms with E-state index in [9.17, 15) is 8.42 Å². The molecule has 1 aliphatic carbocycles. The van der Waals surface area contributed by atoms with Crippen LogP contribution in [0.5, 0.6) is 0 Å². The minimum Gasteiger partial charge on any atom is -0.313 e. The van der Waals surface area contributed by atoms with Crippen LogP contribution in [0.25, 0.3) is 0 Å². The van der Waals surface area contributed by atoms with Gasteiger partial charge in [-0.25, -0.2) is 13.1 Å². The fraction of sp³-hybridized carbons (Fsp3) is 0.800. The fourth-order valence-corrected chi connectivity index (χ4v) is 3.16. The molecule has 1 heterocycles. The van der Waals surface area contributed by atoms with Crippen LogP contribution in [0, 0.1) is 5.92 Å². The second-order valence-electron chi connectivity index (χ2n) is 4.36. The number of hydrogen-bond acceptors (Lipinski definition) is 3. The third-order valence-corrected chi connectivity index (χ3v) is 4.32. The Labute approximate surface area is 91.2 Å². The van der Waals surface area contributed by atoms with Crippen LogP contribution in [0.1, 0.15) is 19.3 Å². The van der Waals surface area contributed by atoms with Crippen LogP contribution in [0.2, 0.25) is 0 Å². The van der Waals surface area contributed by atoms with Gasteiger partial charge in [-0.3, -0.25) is 0 Å². The molecule has 0 atom stereocenters. The van der Waals surface area contributed by atoms with Crippen LogP contribution >= 0.6 is 0 Å². The zero-order chi connectivity index (χ0) is 10.7. The first kappa shape index (κ1) is 11.1. The average molecular weight is 230 g/mol. The molecule has 0 radical (unpaired) electrons. The van der Waals surface area contributed by atoms with Gasteiger partial charge >= 0.3 is 0 Å². The van der Waals surface area contributed by atoms with Gasteiger partial charge in [0, 0.05) is 13.1 Å². The molecule has 0 aromatic heterocycles. The van der Waals surface area contributed by atoms with E-state index in [0.29, 0.717) is 18.2 Å². The quantitative estimate of drug-likeness (QED) is 0.665. The molecule has 0 amide bonds. The highest BCUT2D eigenvalue weighted by Crippen LogP contribution is 2.29. The van der Waals surface area contributed by atoms with E-state index in [1.165, 1.54) is 5.57 Å². The first-order valence-electron chi connectivity index (χ1n) is 5.52. The van der Waals surface area contributed by atoms with E-state index in [1.807, 2.05) is 0 Å². The summed E-state index contributed by atoms with van der Waals surface area (Å²) in [6.45, 7) is 2.31. The van der Waals surface area contributed by atoms with Gasteiger partial charge in [-0.2, -0.15) is 0 Å². The molecule has 2 aliphatic rings. The van der Waals surface area contributed by atoms with Crippen molar-refractivity contribution in [2.45, 2.75) is 19.3 Å². The van der Waals surface area contributed by atoms with Crippen LogP contribution in [0.15, 0.2) is 11.6 Å². The second-order valence-corrected chi connectivity index (χ2v) is 6.21. The minimum absolute atomic E-state index is 0.318.